The fourth-order valence-corrected chi connectivity index (χ4v) is 4.10. The van der Waals surface area contributed by atoms with Crippen molar-refractivity contribution in [3.8, 4) is 5.75 Å². The summed E-state index contributed by atoms with van der Waals surface area (Å²) >= 11 is 1.51. The molecule has 0 aliphatic carbocycles. The van der Waals surface area contributed by atoms with E-state index >= 15 is 0 Å². The van der Waals surface area contributed by atoms with E-state index in [1.165, 1.54) is 11.3 Å². The van der Waals surface area contributed by atoms with Crippen LogP contribution in [0.4, 0.5) is 10.8 Å². The Bertz CT molecular complexity index is 954. The van der Waals surface area contributed by atoms with Gasteiger partial charge in [-0.15, -0.1) is 11.3 Å². The standard InChI is InChI=1S/C21H23N5O2S/c1-28-18-7-4-6-17(13-18)25-9-11-26(12-10-25)21-24-19(15-29-21)20(27)23-14-16-5-2-3-8-22-16/h2-8,13,15H,9-12,14H2,1H3,(H,23,27). The maximum Gasteiger partial charge on any atom is 0.271 e. The highest BCUT2D eigenvalue weighted by Gasteiger charge is 2.21. The molecule has 29 heavy (non-hydrogen) atoms. The summed E-state index contributed by atoms with van der Waals surface area (Å²) in [7, 11) is 1.68. The molecule has 2 aromatic heterocycles. The second-order valence-electron chi connectivity index (χ2n) is 6.69. The van der Waals surface area contributed by atoms with Crippen molar-refractivity contribution in [3.63, 3.8) is 0 Å². The summed E-state index contributed by atoms with van der Waals surface area (Å²) < 4.78 is 5.32. The first kappa shape index (κ1) is 19.2. The van der Waals surface area contributed by atoms with Crippen LogP contribution in [-0.4, -0.2) is 49.2 Å². The molecule has 7 nitrogen and oxygen atoms in total. The van der Waals surface area contributed by atoms with Crippen molar-refractivity contribution in [1.82, 2.24) is 15.3 Å². The molecule has 8 heteroatoms. The van der Waals surface area contributed by atoms with E-state index in [-0.39, 0.29) is 5.91 Å². The Morgan fingerprint density at radius 3 is 2.72 bits per heavy atom. The molecule has 0 spiro atoms. The summed E-state index contributed by atoms with van der Waals surface area (Å²) in [6.07, 6.45) is 1.72. The summed E-state index contributed by atoms with van der Waals surface area (Å²) in [4.78, 5) is 25.7. The van der Waals surface area contributed by atoms with Crippen molar-refractivity contribution in [1.29, 1.82) is 0 Å². The molecule has 3 aromatic rings. The van der Waals surface area contributed by atoms with Gasteiger partial charge in [0.15, 0.2) is 5.13 Å². The topological polar surface area (TPSA) is 70.6 Å². The first-order valence-corrected chi connectivity index (χ1v) is 10.4. The van der Waals surface area contributed by atoms with Gasteiger partial charge in [-0.3, -0.25) is 9.78 Å². The van der Waals surface area contributed by atoms with Crippen LogP contribution in [0.1, 0.15) is 16.2 Å². The minimum Gasteiger partial charge on any atom is -0.497 e. The molecule has 1 aromatic carbocycles. The minimum absolute atomic E-state index is 0.173. The average molecular weight is 410 g/mol. The predicted octanol–water partition coefficient (Wildman–Crippen LogP) is 2.80. The highest BCUT2D eigenvalue weighted by Crippen LogP contribution is 2.25. The van der Waals surface area contributed by atoms with E-state index in [1.807, 2.05) is 35.7 Å². The van der Waals surface area contributed by atoms with Gasteiger partial charge in [-0.05, 0) is 24.3 Å². The van der Waals surface area contributed by atoms with Crippen LogP contribution in [0, 0.1) is 0 Å². The van der Waals surface area contributed by atoms with Crippen molar-refractivity contribution in [2.45, 2.75) is 6.54 Å². The number of anilines is 2. The highest BCUT2D eigenvalue weighted by atomic mass is 32.1. The van der Waals surface area contributed by atoms with E-state index in [9.17, 15) is 4.79 Å². The van der Waals surface area contributed by atoms with Crippen molar-refractivity contribution in [3.05, 3.63) is 65.4 Å². The van der Waals surface area contributed by atoms with E-state index in [2.05, 4.69) is 37.2 Å². The van der Waals surface area contributed by atoms with Crippen LogP contribution in [0.15, 0.2) is 54.0 Å². The van der Waals surface area contributed by atoms with Gasteiger partial charge in [-0.2, -0.15) is 0 Å². The van der Waals surface area contributed by atoms with Crippen LogP contribution in [0.3, 0.4) is 0 Å². The lowest BCUT2D eigenvalue weighted by Gasteiger charge is -2.36. The highest BCUT2D eigenvalue weighted by molar-refractivity contribution is 7.13. The number of benzene rings is 1. The summed E-state index contributed by atoms with van der Waals surface area (Å²) in [5, 5.41) is 5.58. The van der Waals surface area contributed by atoms with E-state index in [1.54, 1.807) is 13.3 Å². The first-order valence-electron chi connectivity index (χ1n) is 9.50. The van der Waals surface area contributed by atoms with Crippen LogP contribution in [0.2, 0.25) is 0 Å². The van der Waals surface area contributed by atoms with Gasteiger partial charge in [0, 0.05) is 49.5 Å². The van der Waals surface area contributed by atoms with Gasteiger partial charge in [0.05, 0.1) is 19.3 Å². The van der Waals surface area contributed by atoms with Gasteiger partial charge < -0.3 is 19.9 Å². The second-order valence-corrected chi connectivity index (χ2v) is 7.53. The van der Waals surface area contributed by atoms with Crippen molar-refractivity contribution in [2.75, 3.05) is 43.1 Å². The molecule has 1 saturated heterocycles. The zero-order chi connectivity index (χ0) is 20.1. The van der Waals surface area contributed by atoms with E-state index in [0.29, 0.717) is 12.2 Å². The molecule has 0 bridgehead atoms. The van der Waals surface area contributed by atoms with E-state index in [0.717, 1.165) is 48.4 Å². The fraction of sp³-hybridized carbons (Fsp3) is 0.286. The van der Waals surface area contributed by atoms with Crippen LogP contribution in [0.25, 0.3) is 0 Å². The third-order valence-corrected chi connectivity index (χ3v) is 5.75. The quantitative estimate of drug-likeness (QED) is 0.675. The summed E-state index contributed by atoms with van der Waals surface area (Å²) in [5.41, 5.74) is 2.44. The second kappa shape index (κ2) is 8.91. The molecule has 0 unspecified atom stereocenters. The van der Waals surface area contributed by atoms with Gasteiger partial charge in [0.1, 0.15) is 11.4 Å². The molecule has 150 valence electrons. The lowest BCUT2D eigenvalue weighted by Crippen LogP contribution is -2.46. The maximum atomic E-state index is 12.4. The Kier molecular flexibility index (Phi) is 5.90. The molecular weight excluding hydrogens is 386 g/mol. The normalized spacial score (nSPS) is 14.0. The number of pyridine rings is 1. The summed E-state index contributed by atoms with van der Waals surface area (Å²) in [5.74, 6) is 0.694. The van der Waals surface area contributed by atoms with Crippen LogP contribution in [0.5, 0.6) is 5.75 Å². The number of hydrogen-bond donors (Lipinski definition) is 1. The molecule has 3 heterocycles. The van der Waals surface area contributed by atoms with Gasteiger partial charge in [-0.25, -0.2) is 4.98 Å². The third-order valence-electron chi connectivity index (χ3n) is 4.85. The molecule has 4 rings (SSSR count). The van der Waals surface area contributed by atoms with Crippen molar-refractivity contribution < 1.29 is 9.53 Å². The SMILES string of the molecule is COc1cccc(N2CCN(c3nc(C(=O)NCc4ccccn4)cs3)CC2)c1. The number of hydrogen-bond acceptors (Lipinski definition) is 7. The Hall–Kier alpha value is -3.13. The fourth-order valence-electron chi connectivity index (χ4n) is 3.24. The zero-order valence-corrected chi connectivity index (χ0v) is 17.1. The molecule has 1 aliphatic heterocycles. The largest absolute Gasteiger partial charge is 0.497 e. The number of amides is 1. The molecule has 1 amide bonds. The number of thiazole rings is 1. The summed E-state index contributed by atoms with van der Waals surface area (Å²) in [6.45, 7) is 3.91. The molecule has 0 radical (unpaired) electrons. The Morgan fingerprint density at radius 2 is 1.97 bits per heavy atom. The van der Waals surface area contributed by atoms with Crippen LogP contribution in [-0.2, 0) is 6.54 Å². The number of methoxy groups -OCH3 is 1. The van der Waals surface area contributed by atoms with Crippen molar-refractivity contribution >= 4 is 28.1 Å². The number of ether oxygens (including phenoxy) is 1. The van der Waals surface area contributed by atoms with Crippen molar-refractivity contribution in [2.24, 2.45) is 0 Å². The molecule has 0 saturated carbocycles. The maximum absolute atomic E-state index is 12.4. The number of piperazine rings is 1. The molecule has 1 N–H and O–H groups in total. The third kappa shape index (κ3) is 4.65. The zero-order valence-electron chi connectivity index (χ0n) is 16.2. The minimum atomic E-state index is -0.173. The van der Waals surface area contributed by atoms with Crippen LogP contribution >= 0.6 is 11.3 Å². The van der Waals surface area contributed by atoms with Crippen LogP contribution < -0.4 is 19.9 Å². The lowest BCUT2D eigenvalue weighted by atomic mass is 10.2. The van der Waals surface area contributed by atoms with Gasteiger partial charge >= 0.3 is 0 Å². The number of aromatic nitrogens is 2. The van der Waals surface area contributed by atoms with E-state index < -0.39 is 0 Å². The summed E-state index contributed by atoms with van der Waals surface area (Å²) in [6, 6.07) is 13.8. The van der Waals surface area contributed by atoms with E-state index in [4.69, 9.17) is 4.74 Å². The molecule has 1 aliphatic rings. The Morgan fingerprint density at radius 1 is 1.14 bits per heavy atom. The number of carbonyl (C=O) groups is 1. The number of rotatable bonds is 6. The molecule has 1 fully saturated rings. The lowest BCUT2D eigenvalue weighted by molar-refractivity contribution is 0.0946. The Labute approximate surface area is 174 Å². The van der Waals surface area contributed by atoms with Gasteiger partial charge in [0.25, 0.3) is 5.91 Å². The molecular formula is C21H23N5O2S. The average Bonchev–Trinajstić information content (AvgIpc) is 3.29. The monoisotopic (exact) mass is 409 g/mol. The molecule has 0 atom stereocenters. The first-order chi connectivity index (χ1) is 14.2. The predicted molar refractivity (Wildman–Crippen MR) is 115 cm³/mol. The number of nitrogens with zero attached hydrogens (tertiary/aromatic N) is 4. The smallest absolute Gasteiger partial charge is 0.271 e. The van der Waals surface area contributed by atoms with Gasteiger partial charge in [0.2, 0.25) is 0 Å². The number of carbonyl (C=O) groups excluding carboxylic acids is 1. The number of nitrogens with one attached hydrogen (secondary N) is 1. The van der Waals surface area contributed by atoms with Gasteiger partial charge in [-0.1, -0.05) is 12.1 Å². The Balaban J connectivity index is 1.32.